The van der Waals surface area contributed by atoms with E-state index in [2.05, 4.69) is 5.32 Å². The number of carbonyl (C=O) groups excluding carboxylic acids is 2. The summed E-state index contributed by atoms with van der Waals surface area (Å²) >= 11 is 0. The predicted octanol–water partition coefficient (Wildman–Crippen LogP) is 2.48. The van der Waals surface area contributed by atoms with Gasteiger partial charge in [-0.15, -0.1) is 0 Å². The fourth-order valence-corrected chi connectivity index (χ4v) is 6.01. The monoisotopic (exact) mass is 441 g/mol. The Morgan fingerprint density at radius 3 is 2.62 bits per heavy atom. The van der Waals surface area contributed by atoms with Crippen LogP contribution >= 0.6 is 0 Å². The summed E-state index contributed by atoms with van der Waals surface area (Å²) in [5, 5.41) is 13.4. The van der Waals surface area contributed by atoms with E-state index in [1.807, 2.05) is 19.1 Å². The van der Waals surface area contributed by atoms with Gasteiger partial charge >= 0.3 is 0 Å². The molecule has 174 valence electrons. The molecule has 1 aromatic heterocycles. The van der Waals surface area contributed by atoms with E-state index >= 15 is 0 Å². The second-order valence-electron chi connectivity index (χ2n) is 9.43. The highest BCUT2D eigenvalue weighted by molar-refractivity contribution is 5.89. The van der Waals surface area contributed by atoms with Gasteiger partial charge in [-0.25, -0.2) is 0 Å². The molecule has 2 N–H and O–H groups in total. The van der Waals surface area contributed by atoms with Gasteiger partial charge in [-0.2, -0.15) is 0 Å². The van der Waals surface area contributed by atoms with E-state index in [0.717, 1.165) is 18.5 Å². The lowest BCUT2D eigenvalue weighted by Crippen LogP contribution is -2.51. The highest BCUT2D eigenvalue weighted by Gasteiger charge is 2.56. The fourth-order valence-electron chi connectivity index (χ4n) is 6.01. The Kier molecular flexibility index (Phi) is 6.84. The Bertz CT molecular complexity index is 947. The van der Waals surface area contributed by atoms with Crippen LogP contribution in [0.1, 0.15) is 69.7 Å². The minimum Gasteiger partial charge on any atom is -0.396 e. The van der Waals surface area contributed by atoms with Crippen molar-refractivity contribution in [2.45, 2.75) is 71.0 Å². The summed E-state index contributed by atoms with van der Waals surface area (Å²) in [6, 6.07) is 2.62. The number of hydrogen-bond donors (Lipinski definition) is 2. The lowest BCUT2D eigenvalue weighted by molar-refractivity contribution is -0.141. The van der Waals surface area contributed by atoms with E-state index in [1.165, 1.54) is 19.3 Å². The molecule has 32 heavy (non-hydrogen) atoms. The van der Waals surface area contributed by atoms with Crippen LogP contribution in [-0.2, 0) is 16.1 Å². The van der Waals surface area contributed by atoms with Gasteiger partial charge in [0, 0.05) is 49.2 Å². The third-order valence-electron chi connectivity index (χ3n) is 7.60. The van der Waals surface area contributed by atoms with Gasteiger partial charge in [-0.1, -0.05) is 38.3 Å². The molecular weight excluding hydrogens is 406 g/mol. The zero-order chi connectivity index (χ0) is 22.8. The molecule has 1 aromatic rings. The molecule has 7 nitrogen and oxygen atoms in total. The second-order valence-corrected chi connectivity index (χ2v) is 9.43. The second kappa shape index (κ2) is 9.61. The van der Waals surface area contributed by atoms with Crippen molar-refractivity contribution in [3.05, 3.63) is 39.8 Å². The molecule has 1 saturated carbocycles. The maximum atomic E-state index is 13.3. The van der Waals surface area contributed by atoms with Crippen LogP contribution < -0.4 is 10.9 Å². The maximum absolute atomic E-state index is 13.3. The molecule has 0 aromatic carbocycles. The molecule has 2 aliphatic heterocycles. The molecule has 1 aliphatic carbocycles. The molecule has 3 heterocycles. The Balaban J connectivity index is 1.64. The molecule has 4 rings (SSSR count). The molecule has 0 spiro atoms. The quantitative estimate of drug-likeness (QED) is 0.710. The van der Waals surface area contributed by atoms with Crippen LogP contribution in [0.15, 0.2) is 23.0 Å². The van der Waals surface area contributed by atoms with Crippen LogP contribution in [0, 0.1) is 17.8 Å². The number of pyridine rings is 1. The number of amides is 2. The molecule has 4 atom stereocenters. The number of carbonyl (C=O) groups is 2. The summed E-state index contributed by atoms with van der Waals surface area (Å²) in [5.41, 5.74) is 1.27. The summed E-state index contributed by atoms with van der Waals surface area (Å²) in [5.74, 6) is -0.362. The number of rotatable bonds is 6. The minimum atomic E-state index is -0.704. The fraction of sp³-hybridized carbons (Fsp3) is 0.640. The summed E-state index contributed by atoms with van der Waals surface area (Å²) in [7, 11) is 0. The highest BCUT2D eigenvalue weighted by Crippen LogP contribution is 2.49. The Hall–Kier alpha value is -2.41. The van der Waals surface area contributed by atoms with Gasteiger partial charge in [-0.3, -0.25) is 14.4 Å². The van der Waals surface area contributed by atoms with Crippen LogP contribution in [0.5, 0.6) is 0 Å². The highest BCUT2D eigenvalue weighted by atomic mass is 16.3. The number of fused-ring (bicyclic) bond motifs is 3. The van der Waals surface area contributed by atoms with E-state index in [9.17, 15) is 19.5 Å². The van der Waals surface area contributed by atoms with Gasteiger partial charge in [-0.05, 0) is 37.8 Å². The Morgan fingerprint density at radius 1 is 1.22 bits per heavy atom. The molecule has 3 aliphatic rings. The number of nitrogens with zero attached hydrogens (tertiary/aromatic N) is 2. The van der Waals surface area contributed by atoms with Gasteiger partial charge < -0.3 is 19.9 Å². The number of likely N-dealkylation sites (tertiary alicyclic amines) is 1. The van der Waals surface area contributed by atoms with Crippen LogP contribution in [0.2, 0.25) is 0 Å². The Morgan fingerprint density at radius 2 is 1.97 bits per heavy atom. The zero-order valence-corrected chi connectivity index (χ0v) is 19.1. The van der Waals surface area contributed by atoms with E-state index < -0.39 is 12.0 Å². The largest absolute Gasteiger partial charge is 0.396 e. The van der Waals surface area contributed by atoms with Crippen molar-refractivity contribution in [1.29, 1.82) is 0 Å². The summed E-state index contributed by atoms with van der Waals surface area (Å²) in [4.78, 5) is 41.1. The van der Waals surface area contributed by atoms with E-state index in [-0.39, 0.29) is 42.4 Å². The number of aliphatic hydroxyl groups is 1. The Labute approximate surface area is 189 Å². The average molecular weight is 442 g/mol. The molecule has 0 radical (unpaired) electrons. The van der Waals surface area contributed by atoms with Gasteiger partial charge in [0.15, 0.2) is 0 Å². The molecule has 0 bridgehead atoms. The van der Waals surface area contributed by atoms with Crippen molar-refractivity contribution < 1.29 is 14.7 Å². The van der Waals surface area contributed by atoms with Gasteiger partial charge in [0.1, 0.15) is 6.04 Å². The molecule has 1 saturated heterocycles. The molecule has 2 amide bonds. The van der Waals surface area contributed by atoms with Crippen molar-refractivity contribution in [3.8, 4) is 0 Å². The average Bonchev–Trinajstić information content (AvgIpc) is 3.34. The molecular formula is C25H35N3O4. The van der Waals surface area contributed by atoms with Crippen molar-refractivity contribution in [2.75, 3.05) is 13.2 Å². The van der Waals surface area contributed by atoms with Crippen LogP contribution in [0.3, 0.4) is 0 Å². The van der Waals surface area contributed by atoms with Gasteiger partial charge in [0.25, 0.3) is 5.56 Å². The summed E-state index contributed by atoms with van der Waals surface area (Å²) in [6.45, 7) is 4.50. The van der Waals surface area contributed by atoms with Crippen molar-refractivity contribution >= 4 is 17.9 Å². The minimum absolute atomic E-state index is 0.0890. The first kappa shape index (κ1) is 22.8. The third-order valence-corrected chi connectivity index (χ3v) is 7.60. The normalized spacial score (nSPS) is 27.5. The maximum Gasteiger partial charge on any atom is 0.258 e. The lowest BCUT2D eigenvalue weighted by atomic mass is 9.87. The summed E-state index contributed by atoms with van der Waals surface area (Å²) in [6.07, 6.45) is 9.80. The third kappa shape index (κ3) is 3.91. The topological polar surface area (TPSA) is 91.6 Å². The van der Waals surface area contributed by atoms with E-state index in [0.29, 0.717) is 24.6 Å². The predicted molar refractivity (Wildman–Crippen MR) is 123 cm³/mol. The van der Waals surface area contributed by atoms with Crippen LogP contribution in [0.25, 0.3) is 6.08 Å². The number of hydrogen-bond acceptors (Lipinski definition) is 4. The zero-order valence-electron chi connectivity index (χ0n) is 19.1. The van der Waals surface area contributed by atoms with Crippen molar-refractivity contribution in [3.63, 3.8) is 0 Å². The first-order valence-electron chi connectivity index (χ1n) is 12.1. The van der Waals surface area contributed by atoms with Crippen LogP contribution in [-0.4, -0.2) is 45.6 Å². The number of aromatic nitrogens is 1. The smallest absolute Gasteiger partial charge is 0.258 e. The van der Waals surface area contributed by atoms with Crippen LogP contribution in [0.4, 0.5) is 0 Å². The molecule has 0 unspecified atom stereocenters. The lowest BCUT2D eigenvalue weighted by Gasteiger charge is -2.31. The van der Waals surface area contributed by atoms with Crippen molar-refractivity contribution in [1.82, 2.24) is 14.8 Å². The first-order valence-corrected chi connectivity index (χ1v) is 12.1. The summed E-state index contributed by atoms with van der Waals surface area (Å²) < 4.78 is 1.72. The molecule has 7 heteroatoms. The van der Waals surface area contributed by atoms with E-state index in [1.54, 1.807) is 28.5 Å². The van der Waals surface area contributed by atoms with Gasteiger partial charge in [0.2, 0.25) is 11.8 Å². The molecule has 2 fully saturated rings. The number of aliphatic hydroxyl groups excluding tert-OH is 1. The van der Waals surface area contributed by atoms with Crippen molar-refractivity contribution in [2.24, 2.45) is 17.8 Å². The number of allylic oxidation sites excluding steroid dienone is 1. The first-order chi connectivity index (χ1) is 15.5. The SMILES string of the molecule is C/C=C/c1ccc2n(c1=O)C[C@H]1[C@H](CO)[C@@H](C(=O)NCC3CCCCC3)N(C(=O)CC)[C@@H]21. The standard InChI is InChI=1S/C25H35N3O4/c1-3-8-17-11-12-20-22-18(14-27(20)25(17)32)19(15-29)23(28(22)21(30)4-2)24(31)26-13-16-9-6-5-7-10-16/h3,8,11-12,16,18-19,22-23,29H,4-7,9-10,13-15H2,1-2H3,(H,26,31)/b8-3+/t18-,19-,22+,23-/m0/s1. The van der Waals surface area contributed by atoms with E-state index in [4.69, 9.17) is 0 Å². The van der Waals surface area contributed by atoms with Gasteiger partial charge in [0.05, 0.1) is 6.04 Å². The number of nitrogens with one attached hydrogen (secondary N) is 1.